The highest BCUT2D eigenvalue weighted by Gasteiger charge is 2.38. The number of nitrogens with zero attached hydrogens (tertiary/aromatic N) is 1. The normalized spacial score (nSPS) is 21.2. The maximum Gasteiger partial charge on any atom is 0.129 e. The zero-order valence-corrected chi connectivity index (χ0v) is 8.59. The molecule has 0 aromatic carbocycles. The molecule has 1 fully saturated rings. The average molecular weight is 186 g/mol. The summed E-state index contributed by atoms with van der Waals surface area (Å²) in [6.07, 6.45) is 1.56. The fourth-order valence-corrected chi connectivity index (χ4v) is 1.65. The summed E-state index contributed by atoms with van der Waals surface area (Å²) in [5, 5.41) is 7.93. The van der Waals surface area contributed by atoms with Gasteiger partial charge in [-0.05, 0) is 0 Å². The minimum absolute atomic E-state index is 0.415. The number of methoxy groups -OCH3 is 1. The Morgan fingerprint density at radius 1 is 1.38 bits per heavy atom. The fraction of sp³-hybridized carbons (Fsp3) is 0.889. The van der Waals surface area contributed by atoms with Gasteiger partial charge in [-0.3, -0.25) is 5.41 Å². The second-order valence-corrected chi connectivity index (χ2v) is 3.55. The monoisotopic (exact) mass is 186 g/mol. The lowest BCUT2D eigenvalue weighted by Crippen LogP contribution is -2.50. The lowest BCUT2D eigenvalue weighted by atomic mass is 9.92. The largest absolute Gasteiger partial charge is 0.381 e. The van der Waals surface area contributed by atoms with E-state index >= 15 is 0 Å². The van der Waals surface area contributed by atoms with Gasteiger partial charge in [-0.2, -0.15) is 0 Å². The van der Waals surface area contributed by atoms with Crippen LogP contribution in [0.4, 0.5) is 0 Å². The van der Waals surface area contributed by atoms with E-state index in [1.807, 2.05) is 14.1 Å². The zero-order chi connectivity index (χ0) is 9.90. The van der Waals surface area contributed by atoms with E-state index < -0.39 is 5.60 Å². The van der Waals surface area contributed by atoms with Crippen molar-refractivity contribution in [1.82, 2.24) is 4.90 Å². The molecule has 4 nitrogen and oxygen atoms in total. The third-order valence-electron chi connectivity index (χ3n) is 2.57. The van der Waals surface area contributed by atoms with Gasteiger partial charge >= 0.3 is 0 Å². The van der Waals surface area contributed by atoms with Crippen LogP contribution in [0, 0.1) is 5.41 Å². The Balaban J connectivity index is 2.72. The van der Waals surface area contributed by atoms with Crippen LogP contribution in [0.25, 0.3) is 0 Å². The molecule has 0 spiro atoms. The van der Waals surface area contributed by atoms with Crippen LogP contribution in [0.3, 0.4) is 0 Å². The molecule has 1 aliphatic rings. The highest BCUT2D eigenvalue weighted by molar-refractivity contribution is 5.87. The Morgan fingerprint density at radius 2 is 1.92 bits per heavy atom. The topological polar surface area (TPSA) is 45.5 Å². The molecule has 1 saturated heterocycles. The lowest BCUT2D eigenvalue weighted by molar-refractivity contribution is -0.0514. The first-order valence-electron chi connectivity index (χ1n) is 4.51. The molecular formula is C9H18N2O2. The van der Waals surface area contributed by atoms with E-state index in [-0.39, 0.29) is 0 Å². The third-order valence-corrected chi connectivity index (χ3v) is 2.57. The molecule has 76 valence electrons. The van der Waals surface area contributed by atoms with E-state index in [0.29, 0.717) is 19.0 Å². The minimum Gasteiger partial charge on any atom is -0.381 e. The second kappa shape index (κ2) is 4.07. The molecule has 1 heterocycles. The zero-order valence-electron chi connectivity index (χ0n) is 8.59. The van der Waals surface area contributed by atoms with Crippen molar-refractivity contribution in [2.75, 3.05) is 34.4 Å². The maximum atomic E-state index is 7.93. The highest BCUT2D eigenvalue weighted by Crippen LogP contribution is 2.26. The first-order valence-corrected chi connectivity index (χ1v) is 4.51. The summed E-state index contributed by atoms with van der Waals surface area (Å²) in [7, 11) is 5.42. The third kappa shape index (κ3) is 2.00. The predicted molar refractivity (Wildman–Crippen MR) is 51.2 cm³/mol. The van der Waals surface area contributed by atoms with E-state index in [1.165, 1.54) is 0 Å². The van der Waals surface area contributed by atoms with Crippen LogP contribution in [0.1, 0.15) is 12.8 Å². The van der Waals surface area contributed by atoms with Gasteiger partial charge in [-0.1, -0.05) is 0 Å². The molecule has 0 atom stereocenters. The molecule has 1 N–H and O–H groups in total. The van der Waals surface area contributed by atoms with Gasteiger partial charge in [0.25, 0.3) is 0 Å². The Labute approximate surface area is 79.3 Å². The molecule has 0 unspecified atom stereocenters. The van der Waals surface area contributed by atoms with Gasteiger partial charge < -0.3 is 14.4 Å². The number of hydrogen-bond donors (Lipinski definition) is 1. The molecule has 1 rings (SSSR count). The first kappa shape index (κ1) is 10.5. The van der Waals surface area contributed by atoms with E-state index in [4.69, 9.17) is 14.9 Å². The summed E-state index contributed by atoms with van der Waals surface area (Å²) in [6, 6.07) is 0. The van der Waals surface area contributed by atoms with Crippen molar-refractivity contribution in [3.63, 3.8) is 0 Å². The number of ether oxygens (including phenoxy) is 2. The molecule has 0 radical (unpaired) electrons. The van der Waals surface area contributed by atoms with Gasteiger partial charge in [-0.15, -0.1) is 0 Å². The Bertz CT molecular complexity index is 186. The summed E-state index contributed by atoms with van der Waals surface area (Å²) in [5.41, 5.74) is -0.415. The van der Waals surface area contributed by atoms with Gasteiger partial charge in [-0.25, -0.2) is 0 Å². The van der Waals surface area contributed by atoms with Crippen LogP contribution in [-0.4, -0.2) is 50.8 Å². The molecule has 0 saturated carbocycles. The van der Waals surface area contributed by atoms with Crippen LogP contribution in [-0.2, 0) is 9.47 Å². The standard InChI is InChI=1S/C9H18N2O2/c1-11(2)8(10)9(12-3)4-6-13-7-5-9/h10H,4-7H2,1-3H3. The maximum absolute atomic E-state index is 7.93. The fourth-order valence-electron chi connectivity index (χ4n) is 1.65. The highest BCUT2D eigenvalue weighted by atomic mass is 16.5. The molecular weight excluding hydrogens is 168 g/mol. The molecule has 0 aromatic heterocycles. The lowest BCUT2D eigenvalue weighted by Gasteiger charge is -2.38. The Kier molecular flexibility index (Phi) is 3.27. The summed E-state index contributed by atoms with van der Waals surface area (Å²) in [6.45, 7) is 1.37. The van der Waals surface area contributed by atoms with Crippen LogP contribution < -0.4 is 0 Å². The van der Waals surface area contributed by atoms with Gasteiger partial charge in [0.2, 0.25) is 0 Å². The average Bonchev–Trinajstić information content (AvgIpc) is 2.17. The van der Waals surface area contributed by atoms with Crippen molar-refractivity contribution >= 4 is 5.84 Å². The Hall–Kier alpha value is -0.610. The van der Waals surface area contributed by atoms with E-state index in [2.05, 4.69) is 0 Å². The molecule has 0 amide bonds. The van der Waals surface area contributed by atoms with Crippen molar-refractivity contribution in [2.45, 2.75) is 18.4 Å². The molecule has 4 heteroatoms. The predicted octanol–water partition coefficient (Wildman–Crippen LogP) is 0.721. The second-order valence-electron chi connectivity index (χ2n) is 3.55. The van der Waals surface area contributed by atoms with Crippen LogP contribution >= 0.6 is 0 Å². The molecule has 0 bridgehead atoms. The number of hydrogen-bond acceptors (Lipinski definition) is 3. The van der Waals surface area contributed by atoms with Crippen LogP contribution in [0.15, 0.2) is 0 Å². The Morgan fingerprint density at radius 3 is 2.31 bits per heavy atom. The summed E-state index contributed by atoms with van der Waals surface area (Å²) in [5.74, 6) is 0.540. The van der Waals surface area contributed by atoms with Crippen molar-refractivity contribution in [1.29, 1.82) is 5.41 Å². The van der Waals surface area contributed by atoms with Gasteiger partial charge in [0.1, 0.15) is 11.4 Å². The van der Waals surface area contributed by atoms with Crippen molar-refractivity contribution < 1.29 is 9.47 Å². The smallest absolute Gasteiger partial charge is 0.129 e. The number of amidine groups is 1. The van der Waals surface area contributed by atoms with Gasteiger partial charge in [0.15, 0.2) is 0 Å². The van der Waals surface area contributed by atoms with Crippen LogP contribution in [0.2, 0.25) is 0 Å². The van der Waals surface area contributed by atoms with E-state index in [9.17, 15) is 0 Å². The first-order chi connectivity index (χ1) is 6.12. The van der Waals surface area contributed by atoms with Crippen molar-refractivity contribution in [3.05, 3.63) is 0 Å². The number of rotatable bonds is 2. The molecule has 1 aliphatic heterocycles. The van der Waals surface area contributed by atoms with Gasteiger partial charge in [0.05, 0.1) is 0 Å². The quantitative estimate of drug-likeness (QED) is 0.510. The summed E-state index contributed by atoms with van der Waals surface area (Å²) in [4.78, 5) is 1.80. The van der Waals surface area contributed by atoms with E-state index in [0.717, 1.165) is 12.8 Å². The summed E-state index contributed by atoms with van der Waals surface area (Å²) >= 11 is 0. The SMILES string of the molecule is COC1(C(=N)N(C)C)CCOCC1. The minimum atomic E-state index is -0.415. The summed E-state index contributed by atoms with van der Waals surface area (Å²) < 4.78 is 10.7. The van der Waals surface area contributed by atoms with E-state index in [1.54, 1.807) is 12.0 Å². The number of nitrogens with one attached hydrogen (secondary N) is 1. The molecule has 0 aromatic rings. The van der Waals surface area contributed by atoms with Crippen LogP contribution in [0.5, 0.6) is 0 Å². The number of likely N-dealkylation sites (N-methyl/N-ethyl adjacent to an activating group) is 1. The molecule has 0 aliphatic carbocycles. The molecule has 13 heavy (non-hydrogen) atoms. The van der Waals surface area contributed by atoms with Crippen molar-refractivity contribution in [3.8, 4) is 0 Å². The van der Waals surface area contributed by atoms with Gasteiger partial charge in [0, 0.05) is 47.3 Å². The van der Waals surface area contributed by atoms with Crippen molar-refractivity contribution in [2.24, 2.45) is 0 Å².